The first-order valence-corrected chi connectivity index (χ1v) is 6.47. The van der Waals surface area contributed by atoms with E-state index < -0.39 is 5.91 Å². The van der Waals surface area contributed by atoms with Crippen molar-refractivity contribution in [2.24, 2.45) is 0 Å². The third kappa shape index (κ3) is 2.82. The van der Waals surface area contributed by atoms with Gasteiger partial charge in [-0.2, -0.15) is 4.98 Å². The summed E-state index contributed by atoms with van der Waals surface area (Å²) in [5.41, 5.74) is 0.167. The molecule has 0 bridgehead atoms. The van der Waals surface area contributed by atoms with Crippen molar-refractivity contribution in [1.29, 1.82) is 0 Å². The van der Waals surface area contributed by atoms with Crippen LogP contribution in [0.2, 0.25) is 0 Å². The highest BCUT2D eigenvalue weighted by Crippen LogP contribution is 2.37. The van der Waals surface area contributed by atoms with E-state index in [2.05, 4.69) is 25.4 Å². The van der Waals surface area contributed by atoms with Crippen molar-refractivity contribution in [3.05, 3.63) is 38.6 Å². The maximum absolute atomic E-state index is 11.8. The lowest BCUT2D eigenvalue weighted by Gasteiger charge is -2.01. The molecule has 0 radical (unpaired) electrons. The molecule has 1 fully saturated rings. The van der Waals surface area contributed by atoms with Crippen LogP contribution in [0.4, 0.5) is 0 Å². The number of hydrogen-bond acceptors (Lipinski definition) is 6. The van der Waals surface area contributed by atoms with E-state index in [-0.39, 0.29) is 22.8 Å². The van der Waals surface area contributed by atoms with Gasteiger partial charge in [-0.25, -0.2) is 0 Å². The Labute approximate surface area is 117 Å². The number of nitrogens with one attached hydrogen (secondary N) is 3. The Bertz CT molecular complexity index is 729. The number of carbonyl (C=O) groups is 1. The van der Waals surface area contributed by atoms with Gasteiger partial charge in [0.2, 0.25) is 0 Å². The summed E-state index contributed by atoms with van der Waals surface area (Å²) < 4.78 is 5.10. The van der Waals surface area contributed by atoms with Crippen LogP contribution in [0.15, 0.2) is 15.4 Å². The first-order chi connectivity index (χ1) is 9.61. The van der Waals surface area contributed by atoms with Gasteiger partial charge in [-0.3, -0.25) is 14.6 Å². The first kappa shape index (κ1) is 12.7. The predicted molar refractivity (Wildman–Crippen MR) is 69.7 cm³/mol. The first-order valence-electron chi connectivity index (χ1n) is 6.06. The summed E-state index contributed by atoms with van der Waals surface area (Å²) in [5, 5.41) is 6.33. The van der Waals surface area contributed by atoms with Crippen LogP contribution < -0.4 is 10.9 Å². The van der Waals surface area contributed by atoms with Crippen molar-refractivity contribution in [2.75, 3.05) is 0 Å². The maximum atomic E-state index is 11.8. The van der Waals surface area contributed by atoms with Crippen molar-refractivity contribution in [2.45, 2.75) is 25.3 Å². The molecule has 1 amide bonds. The highest BCUT2D eigenvalue weighted by atomic mass is 32.1. The minimum Gasteiger partial charge on any atom is -0.342 e. The van der Waals surface area contributed by atoms with Crippen LogP contribution in [0.25, 0.3) is 0 Å². The highest BCUT2D eigenvalue weighted by Gasteiger charge is 2.29. The Kier molecular flexibility index (Phi) is 3.18. The smallest absolute Gasteiger partial charge is 0.315 e. The third-order valence-electron chi connectivity index (χ3n) is 2.83. The Morgan fingerprint density at radius 1 is 1.50 bits per heavy atom. The number of rotatable bonds is 4. The number of carbonyl (C=O) groups excluding carboxylic acids is 1. The summed E-state index contributed by atoms with van der Waals surface area (Å²) in [6.07, 6.45) is 2.06. The van der Waals surface area contributed by atoms with E-state index in [9.17, 15) is 9.59 Å². The van der Waals surface area contributed by atoms with Crippen molar-refractivity contribution in [1.82, 2.24) is 25.4 Å². The van der Waals surface area contributed by atoms with Crippen LogP contribution in [0, 0.1) is 4.77 Å². The van der Waals surface area contributed by atoms with E-state index in [1.807, 2.05) is 0 Å². The van der Waals surface area contributed by atoms with Crippen molar-refractivity contribution < 1.29 is 9.32 Å². The number of aromatic nitrogens is 4. The molecule has 1 aliphatic rings. The standard InChI is InChI=1S/C11H11N5O3S/c17-7-3-6(13-11(20)14-7)4-12-9(18)10-15-8(16-19-10)5-1-2-5/h3,5H,1-2,4H2,(H,12,18)(H2,13,14,17,20). The average Bonchev–Trinajstić information content (AvgIpc) is 3.13. The minimum atomic E-state index is -0.482. The summed E-state index contributed by atoms with van der Waals surface area (Å²) >= 11 is 4.83. The molecule has 0 aromatic carbocycles. The van der Waals surface area contributed by atoms with Crippen LogP contribution in [-0.2, 0) is 6.54 Å². The molecule has 0 unspecified atom stereocenters. The van der Waals surface area contributed by atoms with Crippen LogP contribution in [0.3, 0.4) is 0 Å². The fourth-order valence-corrected chi connectivity index (χ4v) is 1.93. The number of amides is 1. The fourth-order valence-electron chi connectivity index (χ4n) is 1.70. The van der Waals surface area contributed by atoms with Gasteiger partial charge in [0.1, 0.15) is 0 Å². The second kappa shape index (κ2) is 5.00. The summed E-state index contributed by atoms with van der Waals surface area (Å²) in [5.74, 6) is 0.342. The lowest BCUT2D eigenvalue weighted by molar-refractivity contribution is 0.0906. The van der Waals surface area contributed by atoms with Gasteiger partial charge in [-0.05, 0) is 25.1 Å². The van der Waals surface area contributed by atoms with Crippen LogP contribution in [-0.4, -0.2) is 26.0 Å². The van der Waals surface area contributed by atoms with Crippen LogP contribution >= 0.6 is 12.2 Å². The quantitative estimate of drug-likeness (QED) is 0.712. The molecule has 104 valence electrons. The largest absolute Gasteiger partial charge is 0.342 e. The van der Waals surface area contributed by atoms with E-state index in [1.54, 1.807) is 0 Å². The zero-order chi connectivity index (χ0) is 14.1. The SMILES string of the molecule is O=C(NCc1cc(=O)[nH]c(=S)[nH]1)c1nc(C2CC2)no1. The molecule has 1 saturated carbocycles. The van der Waals surface area contributed by atoms with E-state index in [4.69, 9.17) is 16.7 Å². The van der Waals surface area contributed by atoms with Gasteiger partial charge in [0.25, 0.3) is 5.56 Å². The Hall–Kier alpha value is -2.29. The summed E-state index contributed by atoms with van der Waals surface area (Å²) in [6.45, 7) is 0.119. The molecule has 1 aliphatic carbocycles. The van der Waals surface area contributed by atoms with Crippen LogP contribution in [0.1, 0.15) is 41.0 Å². The fraction of sp³-hybridized carbons (Fsp3) is 0.364. The topological polar surface area (TPSA) is 117 Å². The van der Waals surface area contributed by atoms with E-state index in [0.29, 0.717) is 17.4 Å². The Balaban J connectivity index is 1.66. The molecule has 9 heteroatoms. The zero-order valence-electron chi connectivity index (χ0n) is 10.3. The number of aromatic amines is 2. The maximum Gasteiger partial charge on any atom is 0.315 e. The van der Waals surface area contributed by atoms with E-state index >= 15 is 0 Å². The molecule has 0 spiro atoms. The molecule has 8 nitrogen and oxygen atoms in total. The summed E-state index contributed by atoms with van der Waals surface area (Å²) in [4.78, 5) is 32.2. The second-order valence-corrected chi connectivity index (χ2v) is 4.94. The molecular weight excluding hydrogens is 282 g/mol. The molecule has 0 atom stereocenters. The van der Waals surface area contributed by atoms with E-state index in [0.717, 1.165) is 12.8 Å². The summed E-state index contributed by atoms with van der Waals surface area (Å²) in [6, 6.07) is 1.32. The van der Waals surface area contributed by atoms with Crippen molar-refractivity contribution in [3.8, 4) is 0 Å². The van der Waals surface area contributed by atoms with Gasteiger partial charge in [0.05, 0.1) is 6.54 Å². The number of hydrogen-bond donors (Lipinski definition) is 3. The van der Waals surface area contributed by atoms with Gasteiger partial charge >= 0.3 is 11.8 Å². The second-order valence-electron chi connectivity index (χ2n) is 4.53. The molecule has 20 heavy (non-hydrogen) atoms. The third-order valence-corrected chi connectivity index (χ3v) is 3.04. The van der Waals surface area contributed by atoms with Gasteiger partial charge in [0.15, 0.2) is 10.6 Å². The summed E-state index contributed by atoms with van der Waals surface area (Å²) in [7, 11) is 0. The molecule has 2 aromatic rings. The molecule has 0 aliphatic heterocycles. The lowest BCUT2D eigenvalue weighted by atomic mass is 10.4. The van der Waals surface area contributed by atoms with Crippen LogP contribution in [0.5, 0.6) is 0 Å². The highest BCUT2D eigenvalue weighted by molar-refractivity contribution is 7.71. The van der Waals surface area contributed by atoms with Gasteiger partial charge in [-0.1, -0.05) is 5.16 Å². The predicted octanol–water partition coefficient (Wildman–Crippen LogP) is 0.623. The monoisotopic (exact) mass is 293 g/mol. The van der Waals surface area contributed by atoms with Crippen molar-refractivity contribution in [3.63, 3.8) is 0 Å². The molecule has 3 N–H and O–H groups in total. The minimum absolute atomic E-state index is 0.0738. The number of nitrogens with zero attached hydrogens (tertiary/aromatic N) is 2. The lowest BCUT2D eigenvalue weighted by Crippen LogP contribution is -2.24. The Morgan fingerprint density at radius 3 is 3.00 bits per heavy atom. The Morgan fingerprint density at radius 2 is 2.30 bits per heavy atom. The molecule has 0 saturated heterocycles. The van der Waals surface area contributed by atoms with Crippen molar-refractivity contribution >= 4 is 18.1 Å². The molecule has 3 rings (SSSR count). The normalized spacial score (nSPS) is 14.2. The van der Waals surface area contributed by atoms with E-state index in [1.165, 1.54) is 6.07 Å². The molecule has 2 aromatic heterocycles. The van der Waals surface area contributed by atoms with Gasteiger partial charge < -0.3 is 14.8 Å². The molecule has 2 heterocycles. The zero-order valence-corrected chi connectivity index (χ0v) is 11.1. The van der Waals surface area contributed by atoms with Gasteiger partial charge in [-0.15, -0.1) is 0 Å². The van der Waals surface area contributed by atoms with Gasteiger partial charge in [0, 0.05) is 17.7 Å². The average molecular weight is 293 g/mol. The number of H-pyrrole nitrogens is 2. The molecular formula is C11H11N5O3S.